The molecule has 0 heterocycles. The quantitative estimate of drug-likeness (QED) is 0.882. The van der Waals surface area contributed by atoms with Gasteiger partial charge >= 0.3 is 0 Å². The number of ether oxygens (including phenoxy) is 1. The van der Waals surface area contributed by atoms with Crippen LogP contribution in [0.1, 0.15) is 30.0 Å². The molecule has 0 fully saturated rings. The van der Waals surface area contributed by atoms with Crippen LogP contribution in [0.15, 0.2) is 12.1 Å². The molecule has 0 aliphatic rings. The van der Waals surface area contributed by atoms with Crippen molar-refractivity contribution in [1.82, 2.24) is 0 Å². The Bertz CT molecular complexity index is 339. The molecule has 0 spiro atoms. The predicted molar refractivity (Wildman–Crippen MR) is 71.7 cm³/mol. The number of halogens is 1. The van der Waals surface area contributed by atoms with Gasteiger partial charge in [0.05, 0.1) is 0 Å². The van der Waals surface area contributed by atoms with E-state index in [0.29, 0.717) is 6.61 Å². The molecule has 0 amide bonds. The lowest BCUT2D eigenvalue weighted by Crippen LogP contribution is -2.26. The Balaban J connectivity index is 0.00000225. The van der Waals surface area contributed by atoms with Gasteiger partial charge in [-0.3, -0.25) is 0 Å². The fourth-order valence-electron chi connectivity index (χ4n) is 1.47. The van der Waals surface area contributed by atoms with E-state index in [1.807, 2.05) is 0 Å². The minimum absolute atomic E-state index is 0. The van der Waals surface area contributed by atoms with E-state index in [4.69, 9.17) is 10.5 Å². The third-order valence-electron chi connectivity index (χ3n) is 2.74. The second-order valence-corrected chi connectivity index (χ2v) is 4.18. The van der Waals surface area contributed by atoms with Crippen molar-refractivity contribution >= 4 is 12.4 Å². The summed E-state index contributed by atoms with van der Waals surface area (Å²) >= 11 is 0. The molecule has 0 saturated carbocycles. The molecule has 1 rings (SSSR count). The Hall–Kier alpha value is -0.730. The van der Waals surface area contributed by atoms with Crippen LogP contribution in [-0.2, 0) is 0 Å². The molecular formula is C13H22ClNO. The molecule has 0 bridgehead atoms. The van der Waals surface area contributed by atoms with Gasteiger partial charge in [-0.1, -0.05) is 13.0 Å². The summed E-state index contributed by atoms with van der Waals surface area (Å²) in [6.07, 6.45) is 0.948. The van der Waals surface area contributed by atoms with E-state index in [0.717, 1.165) is 12.2 Å². The molecule has 2 nitrogen and oxygen atoms in total. The monoisotopic (exact) mass is 243 g/mol. The van der Waals surface area contributed by atoms with Gasteiger partial charge in [-0.05, 0) is 49.9 Å². The van der Waals surface area contributed by atoms with Gasteiger partial charge in [-0.15, -0.1) is 12.4 Å². The van der Waals surface area contributed by atoms with Crippen LogP contribution in [-0.4, -0.2) is 12.6 Å². The van der Waals surface area contributed by atoms with Gasteiger partial charge in [-0.25, -0.2) is 0 Å². The lowest BCUT2D eigenvalue weighted by molar-refractivity contribution is 0.283. The van der Waals surface area contributed by atoms with E-state index in [-0.39, 0.29) is 18.4 Å². The Morgan fingerprint density at radius 1 is 1.25 bits per heavy atom. The van der Waals surface area contributed by atoms with E-state index in [1.165, 1.54) is 16.7 Å². The summed E-state index contributed by atoms with van der Waals surface area (Å²) < 4.78 is 5.73. The maximum Gasteiger partial charge on any atom is 0.122 e. The van der Waals surface area contributed by atoms with Crippen LogP contribution in [0.3, 0.4) is 0 Å². The number of aryl methyl sites for hydroxylation is 2. The maximum atomic E-state index is 5.82. The van der Waals surface area contributed by atoms with Crippen LogP contribution in [0.2, 0.25) is 0 Å². The smallest absolute Gasteiger partial charge is 0.122 e. The highest BCUT2D eigenvalue weighted by Crippen LogP contribution is 2.23. The summed E-state index contributed by atoms with van der Waals surface area (Å²) in [5.74, 6) is 0.969. The van der Waals surface area contributed by atoms with E-state index < -0.39 is 0 Å². The number of benzene rings is 1. The van der Waals surface area contributed by atoms with Crippen molar-refractivity contribution in [2.75, 3.05) is 6.61 Å². The zero-order valence-electron chi connectivity index (χ0n) is 10.5. The molecule has 2 N–H and O–H groups in total. The molecule has 3 heteroatoms. The largest absolute Gasteiger partial charge is 0.492 e. The maximum absolute atomic E-state index is 5.82. The van der Waals surface area contributed by atoms with E-state index in [9.17, 15) is 0 Å². The molecule has 0 aliphatic carbocycles. The van der Waals surface area contributed by atoms with Gasteiger partial charge in [0.2, 0.25) is 0 Å². The van der Waals surface area contributed by atoms with Crippen molar-refractivity contribution in [2.24, 2.45) is 5.73 Å². The first-order chi connectivity index (χ1) is 7.04. The molecule has 0 aromatic heterocycles. The molecular weight excluding hydrogens is 222 g/mol. The standard InChI is InChI=1S/C13H21NO.ClH/c1-5-12(14)8-15-13-7-9(2)6-10(3)11(13)4;/h6-7,12H,5,8,14H2,1-4H3;1H. The summed E-state index contributed by atoms with van der Waals surface area (Å²) in [6.45, 7) is 8.94. The minimum atomic E-state index is 0. The number of hydrogen-bond acceptors (Lipinski definition) is 2. The van der Waals surface area contributed by atoms with Gasteiger partial charge in [0.15, 0.2) is 0 Å². The van der Waals surface area contributed by atoms with Crippen molar-refractivity contribution < 1.29 is 4.74 Å². The third kappa shape index (κ3) is 4.03. The SMILES string of the molecule is CCC(N)COc1cc(C)cc(C)c1C.Cl. The molecule has 16 heavy (non-hydrogen) atoms. The Labute approximate surface area is 105 Å². The summed E-state index contributed by atoms with van der Waals surface area (Å²) in [5.41, 5.74) is 9.54. The third-order valence-corrected chi connectivity index (χ3v) is 2.74. The molecule has 1 atom stereocenters. The van der Waals surface area contributed by atoms with Gasteiger partial charge in [0.25, 0.3) is 0 Å². The molecule has 1 aromatic rings. The van der Waals surface area contributed by atoms with Crippen molar-refractivity contribution in [3.05, 3.63) is 28.8 Å². The molecule has 1 aromatic carbocycles. The second-order valence-electron chi connectivity index (χ2n) is 4.18. The van der Waals surface area contributed by atoms with Crippen molar-refractivity contribution in [2.45, 2.75) is 40.2 Å². The predicted octanol–water partition coefficient (Wildman–Crippen LogP) is 3.15. The molecule has 0 aliphatic heterocycles. The van der Waals surface area contributed by atoms with Crippen LogP contribution in [0.5, 0.6) is 5.75 Å². The average molecular weight is 244 g/mol. The highest BCUT2D eigenvalue weighted by Gasteiger charge is 2.05. The first-order valence-electron chi connectivity index (χ1n) is 5.50. The van der Waals surface area contributed by atoms with Crippen LogP contribution >= 0.6 is 12.4 Å². The molecule has 92 valence electrons. The topological polar surface area (TPSA) is 35.2 Å². The lowest BCUT2D eigenvalue weighted by atomic mass is 10.1. The van der Waals surface area contributed by atoms with Crippen LogP contribution in [0.4, 0.5) is 0 Å². The number of rotatable bonds is 4. The Kier molecular flexibility index (Phi) is 6.46. The summed E-state index contributed by atoms with van der Waals surface area (Å²) in [5, 5.41) is 0. The Morgan fingerprint density at radius 2 is 1.88 bits per heavy atom. The Morgan fingerprint density at radius 3 is 2.44 bits per heavy atom. The molecule has 1 unspecified atom stereocenters. The van der Waals surface area contributed by atoms with Gasteiger partial charge in [-0.2, -0.15) is 0 Å². The minimum Gasteiger partial charge on any atom is -0.492 e. The fraction of sp³-hybridized carbons (Fsp3) is 0.538. The molecule has 0 saturated heterocycles. The van der Waals surface area contributed by atoms with Gasteiger partial charge < -0.3 is 10.5 Å². The van der Waals surface area contributed by atoms with Gasteiger partial charge in [0, 0.05) is 6.04 Å². The fourth-order valence-corrected chi connectivity index (χ4v) is 1.47. The normalized spacial score (nSPS) is 11.8. The number of hydrogen-bond donors (Lipinski definition) is 1. The molecule has 0 radical (unpaired) electrons. The van der Waals surface area contributed by atoms with Crippen LogP contribution in [0.25, 0.3) is 0 Å². The zero-order chi connectivity index (χ0) is 11.4. The number of nitrogens with two attached hydrogens (primary N) is 1. The van der Waals surface area contributed by atoms with Gasteiger partial charge in [0.1, 0.15) is 12.4 Å². The van der Waals surface area contributed by atoms with E-state index >= 15 is 0 Å². The summed E-state index contributed by atoms with van der Waals surface area (Å²) in [6, 6.07) is 4.37. The first kappa shape index (κ1) is 15.3. The highest BCUT2D eigenvalue weighted by molar-refractivity contribution is 5.85. The summed E-state index contributed by atoms with van der Waals surface area (Å²) in [7, 11) is 0. The summed E-state index contributed by atoms with van der Waals surface area (Å²) in [4.78, 5) is 0. The highest BCUT2D eigenvalue weighted by atomic mass is 35.5. The zero-order valence-corrected chi connectivity index (χ0v) is 11.4. The van der Waals surface area contributed by atoms with Crippen LogP contribution < -0.4 is 10.5 Å². The average Bonchev–Trinajstić information content (AvgIpc) is 2.20. The van der Waals surface area contributed by atoms with E-state index in [2.05, 4.69) is 39.8 Å². The van der Waals surface area contributed by atoms with Crippen molar-refractivity contribution in [1.29, 1.82) is 0 Å². The van der Waals surface area contributed by atoms with Crippen molar-refractivity contribution in [3.63, 3.8) is 0 Å². The lowest BCUT2D eigenvalue weighted by Gasteiger charge is -2.15. The first-order valence-corrected chi connectivity index (χ1v) is 5.50. The second kappa shape index (κ2) is 6.77. The van der Waals surface area contributed by atoms with E-state index in [1.54, 1.807) is 0 Å². The van der Waals surface area contributed by atoms with Crippen molar-refractivity contribution in [3.8, 4) is 5.75 Å². The van der Waals surface area contributed by atoms with Crippen LogP contribution in [0, 0.1) is 20.8 Å².